The van der Waals surface area contributed by atoms with Crippen LogP contribution in [0.5, 0.6) is 0 Å². The average molecular weight is 335 g/mol. The number of nitrogens with two attached hydrogens (primary N) is 1. The van der Waals surface area contributed by atoms with Gasteiger partial charge in [0.05, 0.1) is 12.6 Å². The lowest BCUT2D eigenvalue weighted by molar-refractivity contribution is -0.297. The molecule has 1 aliphatic heterocycles. The monoisotopic (exact) mass is 335 g/mol. The molecule has 2 unspecified atom stereocenters. The van der Waals surface area contributed by atoms with E-state index < -0.39 is 42.5 Å². The maximum absolute atomic E-state index is 12.6. The number of allylic oxidation sites excluding steroid dienone is 1. The molecule has 6 atom stereocenters. The van der Waals surface area contributed by atoms with E-state index in [9.17, 15) is 25.2 Å². The Bertz CT molecular complexity index is 660. The molecule has 7 nitrogen and oxygen atoms in total. The average Bonchev–Trinajstić information content (AvgIpc) is 2.99. The molecule has 1 aromatic rings. The van der Waals surface area contributed by atoms with Crippen molar-refractivity contribution in [3.63, 3.8) is 0 Å². The molecular formula is C17H21NO6. The molecule has 1 aliphatic carbocycles. The molecule has 0 spiro atoms. The fraction of sp³-hybridized carbons (Fsp3) is 0.471. The quantitative estimate of drug-likeness (QED) is 0.471. The molecule has 1 fully saturated rings. The lowest BCUT2D eigenvalue weighted by Crippen LogP contribution is -2.71. The fourth-order valence-electron chi connectivity index (χ4n) is 3.29. The topological polar surface area (TPSA) is 133 Å². The molecule has 1 heterocycles. The first-order valence-electron chi connectivity index (χ1n) is 7.81. The van der Waals surface area contributed by atoms with Crippen LogP contribution in [-0.2, 0) is 9.53 Å². The van der Waals surface area contributed by atoms with Crippen molar-refractivity contribution in [2.75, 3.05) is 6.61 Å². The van der Waals surface area contributed by atoms with Crippen LogP contribution >= 0.6 is 0 Å². The molecule has 1 aromatic carbocycles. The van der Waals surface area contributed by atoms with Crippen LogP contribution in [0.3, 0.4) is 0 Å². The Morgan fingerprint density at radius 2 is 1.96 bits per heavy atom. The number of rotatable bonds is 4. The summed E-state index contributed by atoms with van der Waals surface area (Å²) in [7, 11) is 0. The van der Waals surface area contributed by atoms with Crippen LogP contribution in [0.4, 0.5) is 0 Å². The molecule has 1 saturated heterocycles. The fourth-order valence-corrected chi connectivity index (χ4v) is 3.29. The first-order chi connectivity index (χ1) is 11.4. The van der Waals surface area contributed by atoms with E-state index in [0.29, 0.717) is 0 Å². The van der Waals surface area contributed by atoms with Crippen LogP contribution in [-0.4, -0.2) is 63.0 Å². The molecule has 0 bridgehead atoms. The second kappa shape index (κ2) is 6.36. The third-order valence-electron chi connectivity index (χ3n) is 4.77. The summed E-state index contributed by atoms with van der Waals surface area (Å²) in [5.74, 6) is -3.40. The van der Waals surface area contributed by atoms with E-state index in [0.717, 1.165) is 11.1 Å². The number of carbonyl (C=O) groups is 1. The minimum Gasteiger partial charge on any atom is -0.394 e. The number of benzene rings is 1. The third kappa shape index (κ3) is 2.69. The molecule has 6 N–H and O–H groups in total. The van der Waals surface area contributed by atoms with E-state index in [-0.39, 0.29) is 12.3 Å². The smallest absolute Gasteiger partial charge is 0.245 e. The van der Waals surface area contributed by atoms with E-state index in [2.05, 4.69) is 0 Å². The molecule has 3 rings (SSSR count). The van der Waals surface area contributed by atoms with Crippen LogP contribution in [0.25, 0.3) is 6.08 Å². The Morgan fingerprint density at radius 1 is 1.25 bits per heavy atom. The predicted octanol–water partition coefficient (Wildman–Crippen LogP) is -1.11. The van der Waals surface area contributed by atoms with Gasteiger partial charge in [-0.25, -0.2) is 0 Å². The van der Waals surface area contributed by atoms with Crippen LogP contribution < -0.4 is 5.73 Å². The Hall–Kier alpha value is -1.61. The minimum atomic E-state index is -2.46. The van der Waals surface area contributed by atoms with Crippen molar-refractivity contribution in [1.29, 1.82) is 0 Å². The van der Waals surface area contributed by atoms with Gasteiger partial charge in [0.1, 0.15) is 18.3 Å². The number of ketones is 1. The highest BCUT2D eigenvalue weighted by molar-refractivity contribution is 5.88. The van der Waals surface area contributed by atoms with Crippen molar-refractivity contribution in [3.05, 3.63) is 41.5 Å². The van der Waals surface area contributed by atoms with Crippen LogP contribution in [0.15, 0.2) is 30.3 Å². The van der Waals surface area contributed by atoms with Gasteiger partial charge in [-0.3, -0.25) is 4.79 Å². The summed E-state index contributed by atoms with van der Waals surface area (Å²) < 4.78 is 5.18. The van der Waals surface area contributed by atoms with Crippen molar-refractivity contribution in [3.8, 4) is 0 Å². The molecule has 7 heteroatoms. The summed E-state index contributed by atoms with van der Waals surface area (Å²) in [5.41, 5.74) is 7.68. The number of ether oxygens (including phenoxy) is 1. The summed E-state index contributed by atoms with van der Waals surface area (Å²) in [6, 6.07) is 6.07. The number of Topliss-reactive ketones (excluding diaryl/α,β-unsaturated/α-hetero) is 1. The number of carbonyl (C=O) groups excluding carboxylic acids is 1. The van der Waals surface area contributed by atoms with Gasteiger partial charge in [0.15, 0.2) is 5.78 Å². The number of hydrogen-bond acceptors (Lipinski definition) is 7. The van der Waals surface area contributed by atoms with Gasteiger partial charge in [0.2, 0.25) is 5.79 Å². The van der Waals surface area contributed by atoms with Crippen LogP contribution in [0, 0.1) is 0 Å². The highest BCUT2D eigenvalue weighted by Gasteiger charge is 2.55. The van der Waals surface area contributed by atoms with Crippen molar-refractivity contribution >= 4 is 11.9 Å². The third-order valence-corrected chi connectivity index (χ3v) is 4.77. The number of fused-ring (bicyclic) bond motifs is 1. The van der Waals surface area contributed by atoms with Gasteiger partial charge in [-0.05, 0) is 11.1 Å². The van der Waals surface area contributed by atoms with Crippen molar-refractivity contribution < 1.29 is 30.0 Å². The van der Waals surface area contributed by atoms with Crippen molar-refractivity contribution in [2.24, 2.45) is 5.73 Å². The summed E-state index contributed by atoms with van der Waals surface area (Å²) in [6.07, 6.45) is -0.677. The zero-order valence-corrected chi connectivity index (χ0v) is 12.9. The zero-order valence-electron chi connectivity index (χ0n) is 12.9. The SMILES string of the molecule is N[C@@H]1[C@@H](O)[C@@H](O)[C@@H](CO)OC1(O)C(=O)CC1C=Cc2ccccc21. The zero-order chi connectivity index (χ0) is 17.5. The van der Waals surface area contributed by atoms with Gasteiger partial charge in [0.25, 0.3) is 0 Å². The summed E-state index contributed by atoms with van der Waals surface area (Å²) >= 11 is 0. The van der Waals surface area contributed by atoms with E-state index in [4.69, 9.17) is 10.5 Å². The van der Waals surface area contributed by atoms with Gasteiger partial charge in [-0.15, -0.1) is 0 Å². The second-order valence-electron chi connectivity index (χ2n) is 6.26. The molecular weight excluding hydrogens is 314 g/mol. The van der Waals surface area contributed by atoms with Gasteiger partial charge in [0, 0.05) is 12.3 Å². The first-order valence-corrected chi connectivity index (χ1v) is 7.81. The predicted molar refractivity (Wildman–Crippen MR) is 84.7 cm³/mol. The normalized spacial score (nSPS) is 38.1. The second-order valence-corrected chi connectivity index (χ2v) is 6.26. The van der Waals surface area contributed by atoms with Crippen LogP contribution in [0.2, 0.25) is 0 Å². The molecule has 0 amide bonds. The Labute approximate surface area is 139 Å². The maximum atomic E-state index is 12.6. The van der Waals surface area contributed by atoms with Crippen molar-refractivity contribution in [1.82, 2.24) is 0 Å². The van der Waals surface area contributed by atoms with Crippen molar-refractivity contribution in [2.45, 2.75) is 42.5 Å². The van der Waals surface area contributed by atoms with Gasteiger partial charge in [-0.1, -0.05) is 36.4 Å². The van der Waals surface area contributed by atoms with E-state index in [1.807, 2.05) is 36.4 Å². The maximum Gasteiger partial charge on any atom is 0.245 e. The molecule has 0 saturated carbocycles. The number of aliphatic hydroxyl groups excluding tert-OH is 3. The van der Waals surface area contributed by atoms with Gasteiger partial charge in [-0.2, -0.15) is 0 Å². The van der Waals surface area contributed by atoms with E-state index >= 15 is 0 Å². The molecule has 0 radical (unpaired) electrons. The number of hydrogen-bond donors (Lipinski definition) is 5. The summed E-state index contributed by atoms with van der Waals surface area (Å²) in [4.78, 5) is 12.6. The highest BCUT2D eigenvalue weighted by atomic mass is 16.7. The van der Waals surface area contributed by atoms with E-state index in [1.165, 1.54) is 0 Å². The van der Waals surface area contributed by atoms with E-state index in [1.54, 1.807) is 0 Å². The largest absolute Gasteiger partial charge is 0.394 e. The van der Waals surface area contributed by atoms with Crippen LogP contribution in [0.1, 0.15) is 23.5 Å². The lowest BCUT2D eigenvalue weighted by Gasteiger charge is -2.45. The molecule has 2 aliphatic rings. The Balaban J connectivity index is 1.80. The summed E-state index contributed by atoms with van der Waals surface area (Å²) in [6.45, 7) is -0.660. The minimum absolute atomic E-state index is 0.0708. The Morgan fingerprint density at radius 3 is 2.67 bits per heavy atom. The number of aliphatic hydroxyl groups is 4. The van der Waals surface area contributed by atoms with Gasteiger partial charge >= 0.3 is 0 Å². The first kappa shape index (κ1) is 17.2. The molecule has 0 aromatic heterocycles. The summed E-state index contributed by atoms with van der Waals surface area (Å²) in [5, 5.41) is 39.6. The van der Waals surface area contributed by atoms with Gasteiger partial charge < -0.3 is 30.9 Å². The Kier molecular flexibility index (Phi) is 4.56. The molecule has 130 valence electrons. The lowest BCUT2D eigenvalue weighted by atomic mass is 9.84. The highest BCUT2D eigenvalue weighted by Crippen LogP contribution is 2.36. The standard InChI is InChI=1S/C17H21NO6/c18-16-15(22)14(21)12(8-19)24-17(16,23)13(20)7-10-6-5-9-3-1-2-4-11(9)10/h1-6,10,12,14-16,19,21-23H,7-8,18H2/t10?,12-,14+,15+,16-,17?/m1/s1. The molecule has 24 heavy (non-hydrogen) atoms.